The molecule has 38 heavy (non-hydrogen) atoms. The van der Waals surface area contributed by atoms with Gasteiger partial charge in [0.2, 0.25) is 0 Å². The van der Waals surface area contributed by atoms with E-state index in [0.29, 0.717) is 65.4 Å². The fourth-order valence-electron chi connectivity index (χ4n) is 4.70. The molecule has 196 valence electrons. The number of anilines is 1. The summed E-state index contributed by atoms with van der Waals surface area (Å²) in [7, 11) is 3.01. The Morgan fingerprint density at radius 1 is 0.921 bits per heavy atom. The molecule has 0 radical (unpaired) electrons. The van der Waals surface area contributed by atoms with Crippen LogP contribution >= 0.6 is 0 Å². The van der Waals surface area contributed by atoms with E-state index in [0.717, 1.165) is 0 Å². The lowest BCUT2D eigenvalue weighted by atomic mass is 9.94. The zero-order valence-corrected chi connectivity index (χ0v) is 21.2. The average Bonchev–Trinajstić information content (AvgIpc) is 3.22. The Morgan fingerprint density at radius 3 is 2.39 bits per heavy atom. The summed E-state index contributed by atoms with van der Waals surface area (Å²) < 4.78 is 27.9. The first-order valence-electron chi connectivity index (χ1n) is 12.1. The molecule has 0 bridgehead atoms. The van der Waals surface area contributed by atoms with Crippen LogP contribution in [0.15, 0.2) is 66.2 Å². The van der Waals surface area contributed by atoms with Crippen LogP contribution in [0, 0.1) is 0 Å². The lowest BCUT2D eigenvalue weighted by molar-refractivity contribution is -0.132. The van der Waals surface area contributed by atoms with Gasteiger partial charge in [0.1, 0.15) is 24.7 Å². The summed E-state index contributed by atoms with van der Waals surface area (Å²) in [5, 5.41) is 11.5. The third-order valence-electron chi connectivity index (χ3n) is 6.41. The van der Waals surface area contributed by atoms with Crippen LogP contribution < -0.4 is 28.6 Å². The smallest absolute Gasteiger partial charge is 0.300 e. The minimum Gasteiger partial charge on any atom is -0.507 e. The number of hydrogen-bond acceptors (Lipinski definition) is 8. The summed E-state index contributed by atoms with van der Waals surface area (Å²) in [6.07, 6.45) is 0. The maximum Gasteiger partial charge on any atom is 0.300 e. The van der Waals surface area contributed by atoms with Crippen molar-refractivity contribution in [3.63, 3.8) is 0 Å². The predicted molar refractivity (Wildman–Crippen MR) is 139 cm³/mol. The van der Waals surface area contributed by atoms with E-state index >= 15 is 0 Å². The molecular weight excluding hydrogens is 490 g/mol. The topological polar surface area (TPSA) is 104 Å². The molecule has 3 aromatic carbocycles. The first kappa shape index (κ1) is 25.0. The number of nitrogens with zero attached hydrogens (tertiary/aromatic N) is 1. The fraction of sp³-hybridized carbons (Fsp3) is 0.241. The standard InChI is InChI=1S/C29H27NO8/c1-4-36-23-15-17(9-11-21(23)35-3)26-25(27(31)18-10-12-22-24(16-18)38-14-13-37-22)28(32)29(33)30(26)19-7-5-6-8-20(19)34-2/h5-12,15-16,26,31H,4,13-14H2,1-3H3/b27-25+. The number of hydrogen-bond donors (Lipinski definition) is 1. The van der Waals surface area contributed by atoms with Crippen LogP contribution in [-0.2, 0) is 9.59 Å². The zero-order chi connectivity index (χ0) is 26.8. The minimum absolute atomic E-state index is 0.0785. The van der Waals surface area contributed by atoms with Crippen LogP contribution in [-0.4, -0.2) is 50.8 Å². The molecule has 0 spiro atoms. The Bertz CT molecular complexity index is 1430. The van der Waals surface area contributed by atoms with Crippen LogP contribution in [0.1, 0.15) is 24.1 Å². The minimum atomic E-state index is -0.982. The monoisotopic (exact) mass is 517 g/mol. The second-order valence-electron chi connectivity index (χ2n) is 8.54. The van der Waals surface area contributed by atoms with E-state index in [2.05, 4.69) is 0 Å². The number of para-hydroxylation sites is 2. The molecule has 0 aromatic heterocycles. The van der Waals surface area contributed by atoms with Crippen molar-refractivity contribution in [2.45, 2.75) is 13.0 Å². The molecule has 0 aliphatic carbocycles. The van der Waals surface area contributed by atoms with Gasteiger partial charge in [-0.05, 0) is 55.0 Å². The molecule has 2 aliphatic rings. The number of Topliss-reactive ketones (excluding diaryl/α,β-unsaturated/α-hetero) is 1. The molecule has 1 saturated heterocycles. The average molecular weight is 518 g/mol. The van der Waals surface area contributed by atoms with Crippen molar-refractivity contribution in [3.8, 4) is 28.7 Å². The number of ketones is 1. The van der Waals surface area contributed by atoms with E-state index in [4.69, 9.17) is 23.7 Å². The molecule has 2 aliphatic heterocycles. The highest BCUT2D eigenvalue weighted by Gasteiger charge is 2.48. The lowest BCUT2D eigenvalue weighted by Crippen LogP contribution is -2.29. The van der Waals surface area contributed by atoms with Gasteiger partial charge in [0, 0.05) is 5.56 Å². The maximum absolute atomic E-state index is 13.5. The summed E-state index contributed by atoms with van der Waals surface area (Å²) >= 11 is 0. The van der Waals surface area contributed by atoms with Gasteiger partial charge in [0.25, 0.3) is 11.7 Å². The second-order valence-corrected chi connectivity index (χ2v) is 8.54. The van der Waals surface area contributed by atoms with E-state index in [1.165, 1.54) is 19.1 Å². The molecule has 2 heterocycles. The van der Waals surface area contributed by atoms with Crippen molar-refractivity contribution in [1.82, 2.24) is 0 Å². The van der Waals surface area contributed by atoms with Gasteiger partial charge in [0.15, 0.2) is 23.0 Å². The number of aliphatic hydroxyl groups excluding tert-OH is 1. The largest absolute Gasteiger partial charge is 0.507 e. The van der Waals surface area contributed by atoms with Gasteiger partial charge in [-0.3, -0.25) is 14.5 Å². The molecule has 0 saturated carbocycles. The lowest BCUT2D eigenvalue weighted by Gasteiger charge is -2.27. The summed E-state index contributed by atoms with van der Waals surface area (Å²) in [6, 6.07) is 15.9. The summed E-state index contributed by atoms with van der Waals surface area (Å²) in [4.78, 5) is 28.4. The first-order valence-corrected chi connectivity index (χ1v) is 12.1. The van der Waals surface area contributed by atoms with Crippen LogP contribution in [0.25, 0.3) is 5.76 Å². The number of amides is 1. The van der Waals surface area contributed by atoms with Crippen molar-refractivity contribution >= 4 is 23.1 Å². The Morgan fingerprint density at radius 2 is 1.66 bits per heavy atom. The molecule has 1 fully saturated rings. The Labute approximate surface area is 219 Å². The number of benzene rings is 3. The number of fused-ring (bicyclic) bond motifs is 1. The number of ether oxygens (including phenoxy) is 5. The van der Waals surface area contributed by atoms with Gasteiger partial charge in [-0.2, -0.15) is 0 Å². The van der Waals surface area contributed by atoms with Gasteiger partial charge in [0.05, 0.1) is 38.1 Å². The number of rotatable bonds is 7. The molecule has 5 rings (SSSR count). The quantitative estimate of drug-likeness (QED) is 0.278. The van der Waals surface area contributed by atoms with Crippen molar-refractivity contribution in [2.75, 3.05) is 38.9 Å². The maximum atomic E-state index is 13.5. The van der Waals surface area contributed by atoms with Crippen LogP contribution in [0.4, 0.5) is 5.69 Å². The van der Waals surface area contributed by atoms with E-state index in [1.54, 1.807) is 60.7 Å². The molecule has 9 heteroatoms. The third-order valence-corrected chi connectivity index (χ3v) is 6.41. The Hall–Kier alpha value is -4.66. The number of carbonyl (C=O) groups excluding carboxylic acids is 2. The SMILES string of the molecule is CCOc1cc(C2/C(=C(\O)c3ccc4c(c3)OCCO4)C(=O)C(=O)N2c2ccccc2OC)ccc1OC. The van der Waals surface area contributed by atoms with Crippen LogP contribution in [0.3, 0.4) is 0 Å². The first-order chi connectivity index (χ1) is 18.5. The summed E-state index contributed by atoms with van der Waals surface area (Å²) in [5.74, 6) is 0.353. The Kier molecular flexibility index (Phi) is 6.83. The van der Waals surface area contributed by atoms with Gasteiger partial charge in [-0.15, -0.1) is 0 Å². The van der Waals surface area contributed by atoms with Crippen molar-refractivity contribution in [2.24, 2.45) is 0 Å². The van der Waals surface area contributed by atoms with Crippen LogP contribution in [0.2, 0.25) is 0 Å². The van der Waals surface area contributed by atoms with Gasteiger partial charge >= 0.3 is 0 Å². The molecule has 1 atom stereocenters. The summed E-state index contributed by atoms with van der Waals surface area (Å²) in [5.41, 5.74) is 1.16. The molecule has 1 amide bonds. The van der Waals surface area contributed by atoms with Gasteiger partial charge in [-0.1, -0.05) is 18.2 Å². The molecular formula is C29H27NO8. The molecule has 1 N–H and O–H groups in total. The highest BCUT2D eigenvalue weighted by molar-refractivity contribution is 6.52. The molecule has 3 aromatic rings. The number of carbonyl (C=O) groups is 2. The van der Waals surface area contributed by atoms with Gasteiger partial charge < -0.3 is 28.8 Å². The highest BCUT2D eigenvalue weighted by Crippen LogP contribution is 2.47. The molecule has 9 nitrogen and oxygen atoms in total. The van der Waals surface area contributed by atoms with Crippen molar-refractivity contribution < 1.29 is 38.4 Å². The zero-order valence-electron chi connectivity index (χ0n) is 21.2. The normalized spacial score (nSPS) is 17.9. The van der Waals surface area contributed by atoms with Crippen LogP contribution in [0.5, 0.6) is 28.7 Å². The third kappa shape index (κ3) is 4.26. The fourth-order valence-corrected chi connectivity index (χ4v) is 4.70. The summed E-state index contributed by atoms with van der Waals surface area (Å²) in [6.45, 7) is 3.00. The van der Waals surface area contributed by atoms with E-state index < -0.39 is 17.7 Å². The van der Waals surface area contributed by atoms with Crippen molar-refractivity contribution in [1.29, 1.82) is 0 Å². The highest BCUT2D eigenvalue weighted by atomic mass is 16.6. The van der Waals surface area contributed by atoms with E-state index in [9.17, 15) is 14.7 Å². The number of methoxy groups -OCH3 is 2. The Balaban J connectivity index is 1.73. The van der Waals surface area contributed by atoms with E-state index in [-0.39, 0.29) is 11.3 Å². The van der Waals surface area contributed by atoms with E-state index in [1.807, 2.05) is 6.92 Å². The molecule has 1 unspecified atom stereocenters. The van der Waals surface area contributed by atoms with Crippen molar-refractivity contribution in [3.05, 3.63) is 77.4 Å². The predicted octanol–water partition coefficient (Wildman–Crippen LogP) is 4.50. The number of aliphatic hydroxyl groups is 1. The van der Waals surface area contributed by atoms with Gasteiger partial charge in [-0.25, -0.2) is 0 Å². The second kappa shape index (κ2) is 10.4.